The second-order valence-corrected chi connectivity index (χ2v) is 5.71. The zero-order chi connectivity index (χ0) is 17.9. The minimum Gasteiger partial charge on any atom is -0.461 e. The number of carbonyl (C=O) groups is 2. The van der Waals surface area contributed by atoms with Crippen molar-refractivity contribution >= 4 is 11.9 Å². The summed E-state index contributed by atoms with van der Waals surface area (Å²) in [7, 11) is 1.51. The van der Waals surface area contributed by atoms with Crippen LogP contribution in [0.25, 0.3) is 0 Å². The summed E-state index contributed by atoms with van der Waals surface area (Å²) in [5.74, 6) is -1.21. The molecule has 1 amide bonds. The van der Waals surface area contributed by atoms with Crippen LogP contribution in [0, 0.1) is 5.92 Å². The fourth-order valence-electron chi connectivity index (χ4n) is 2.36. The molecule has 0 radical (unpaired) electrons. The summed E-state index contributed by atoms with van der Waals surface area (Å²) in [6, 6.07) is 19.0. The average Bonchev–Trinajstić information content (AvgIpc) is 2.66. The van der Waals surface area contributed by atoms with Gasteiger partial charge in [-0.15, -0.1) is 0 Å². The third-order valence-corrected chi connectivity index (χ3v) is 3.70. The number of esters is 1. The topological polar surface area (TPSA) is 64.6 Å². The van der Waals surface area contributed by atoms with Gasteiger partial charge in [0.15, 0.2) is 0 Å². The molecule has 0 aromatic heterocycles. The van der Waals surface area contributed by atoms with Gasteiger partial charge in [-0.05, 0) is 11.1 Å². The van der Waals surface area contributed by atoms with E-state index in [0.29, 0.717) is 6.54 Å². The van der Waals surface area contributed by atoms with Crippen molar-refractivity contribution in [1.29, 1.82) is 0 Å². The van der Waals surface area contributed by atoms with Crippen molar-refractivity contribution in [3.63, 3.8) is 0 Å². The van der Waals surface area contributed by atoms with E-state index in [1.165, 1.54) is 7.11 Å². The minimum absolute atomic E-state index is 0.0126. The molecular weight excluding hydrogens is 318 g/mol. The quantitative estimate of drug-likeness (QED) is 0.712. The maximum atomic E-state index is 12.3. The first kappa shape index (κ1) is 18.7. The van der Waals surface area contributed by atoms with Gasteiger partial charge >= 0.3 is 5.97 Å². The van der Waals surface area contributed by atoms with Gasteiger partial charge in [-0.25, -0.2) is 0 Å². The van der Waals surface area contributed by atoms with Gasteiger partial charge < -0.3 is 14.8 Å². The zero-order valence-electron chi connectivity index (χ0n) is 14.3. The van der Waals surface area contributed by atoms with E-state index in [1.807, 2.05) is 60.7 Å². The van der Waals surface area contributed by atoms with Crippen LogP contribution in [0.1, 0.15) is 17.5 Å². The lowest BCUT2D eigenvalue weighted by molar-refractivity contribution is -0.149. The summed E-state index contributed by atoms with van der Waals surface area (Å²) in [4.78, 5) is 24.3. The molecule has 2 rings (SSSR count). The lowest BCUT2D eigenvalue weighted by Gasteiger charge is -2.15. The molecule has 1 atom stereocenters. The third kappa shape index (κ3) is 6.77. The molecular formula is C20H23NO4. The highest BCUT2D eigenvalue weighted by Crippen LogP contribution is 2.09. The van der Waals surface area contributed by atoms with Crippen LogP contribution in [0.3, 0.4) is 0 Å². The van der Waals surface area contributed by atoms with Crippen LogP contribution >= 0.6 is 0 Å². The van der Waals surface area contributed by atoms with Crippen molar-refractivity contribution in [2.75, 3.05) is 13.7 Å². The standard InChI is InChI=1S/C20H23NO4/c1-24-15-18(20(23)21-13-16-8-4-2-5-9-16)12-19(22)25-14-17-10-6-3-7-11-17/h2-11,18H,12-15H2,1H3,(H,21,23)/t18-/m1/s1. The third-order valence-electron chi connectivity index (χ3n) is 3.70. The Labute approximate surface area is 148 Å². The predicted octanol–water partition coefficient (Wildman–Crippen LogP) is 2.70. The Balaban J connectivity index is 1.81. The Morgan fingerprint density at radius 2 is 1.56 bits per heavy atom. The van der Waals surface area contributed by atoms with E-state index in [0.717, 1.165) is 11.1 Å². The van der Waals surface area contributed by atoms with Crippen molar-refractivity contribution in [1.82, 2.24) is 5.32 Å². The number of carbonyl (C=O) groups excluding carboxylic acids is 2. The highest BCUT2D eigenvalue weighted by molar-refractivity contribution is 5.83. The number of rotatable bonds is 9. The van der Waals surface area contributed by atoms with E-state index in [4.69, 9.17) is 9.47 Å². The van der Waals surface area contributed by atoms with E-state index in [-0.39, 0.29) is 25.5 Å². The molecule has 1 N–H and O–H groups in total. The first-order chi connectivity index (χ1) is 12.2. The van der Waals surface area contributed by atoms with E-state index in [9.17, 15) is 9.59 Å². The molecule has 0 saturated heterocycles. The van der Waals surface area contributed by atoms with Crippen molar-refractivity contribution in [3.8, 4) is 0 Å². The molecule has 0 aliphatic heterocycles. The van der Waals surface area contributed by atoms with Crippen molar-refractivity contribution in [2.24, 2.45) is 5.92 Å². The van der Waals surface area contributed by atoms with Gasteiger partial charge in [0.1, 0.15) is 6.61 Å². The van der Waals surface area contributed by atoms with Gasteiger partial charge in [0.2, 0.25) is 5.91 Å². The van der Waals surface area contributed by atoms with Gasteiger partial charge in [0.05, 0.1) is 18.9 Å². The molecule has 0 bridgehead atoms. The number of methoxy groups -OCH3 is 1. The second-order valence-electron chi connectivity index (χ2n) is 5.71. The van der Waals surface area contributed by atoms with Gasteiger partial charge in [-0.3, -0.25) is 9.59 Å². The van der Waals surface area contributed by atoms with E-state index in [1.54, 1.807) is 0 Å². The van der Waals surface area contributed by atoms with E-state index < -0.39 is 11.9 Å². The summed E-state index contributed by atoms with van der Waals surface area (Å²) in [6.07, 6.45) is -0.0126. The Kier molecular flexibility index (Phi) is 7.66. The Hall–Kier alpha value is -2.66. The number of nitrogens with one attached hydrogen (secondary N) is 1. The van der Waals surface area contributed by atoms with Gasteiger partial charge in [0.25, 0.3) is 0 Å². The summed E-state index contributed by atoms with van der Waals surface area (Å²) < 4.78 is 10.3. The number of amides is 1. The fourth-order valence-corrected chi connectivity index (χ4v) is 2.36. The zero-order valence-corrected chi connectivity index (χ0v) is 14.3. The normalized spacial score (nSPS) is 11.6. The van der Waals surface area contributed by atoms with E-state index in [2.05, 4.69) is 5.32 Å². The molecule has 2 aromatic carbocycles. The summed E-state index contributed by atoms with van der Waals surface area (Å²) >= 11 is 0. The van der Waals surface area contributed by atoms with Crippen molar-refractivity contribution < 1.29 is 19.1 Å². The summed E-state index contributed by atoms with van der Waals surface area (Å²) in [5, 5.41) is 2.84. The van der Waals surface area contributed by atoms with Crippen LogP contribution < -0.4 is 5.32 Å². The average molecular weight is 341 g/mol. The molecule has 25 heavy (non-hydrogen) atoms. The van der Waals surface area contributed by atoms with Crippen molar-refractivity contribution in [2.45, 2.75) is 19.6 Å². The van der Waals surface area contributed by atoms with Crippen LogP contribution in [0.2, 0.25) is 0 Å². The fraction of sp³-hybridized carbons (Fsp3) is 0.300. The van der Waals surface area contributed by atoms with Gasteiger partial charge in [-0.1, -0.05) is 60.7 Å². The Morgan fingerprint density at radius 1 is 0.960 bits per heavy atom. The first-order valence-corrected chi connectivity index (χ1v) is 8.19. The lowest BCUT2D eigenvalue weighted by atomic mass is 10.1. The number of benzene rings is 2. The molecule has 5 heteroatoms. The van der Waals surface area contributed by atoms with Crippen LogP contribution in [0.15, 0.2) is 60.7 Å². The maximum Gasteiger partial charge on any atom is 0.307 e. The molecule has 0 unspecified atom stereocenters. The maximum absolute atomic E-state index is 12.3. The molecule has 0 fully saturated rings. The van der Waals surface area contributed by atoms with Gasteiger partial charge in [-0.2, -0.15) is 0 Å². The molecule has 0 aliphatic carbocycles. The van der Waals surface area contributed by atoms with Crippen LogP contribution in [0.4, 0.5) is 0 Å². The number of hydrogen-bond donors (Lipinski definition) is 1. The van der Waals surface area contributed by atoms with Crippen LogP contribution in [-0.4, -0.2) is 25.6 Å². The molecule has 132 valence electrons. The Bertz CT molecular complexity index is 658. The highest BCUT2D eigenvalue weighted by Gasteiger charge is 2.22. The number of hydrogen-bond acceptors (Lipinski definition) is 4. The summed E-state index contributed by atoms with van der Waals surface area (Å²) in [6.45, 7) is 0.783. The highest BCUT2D eigenvalue weighted by atomic mass is 16.5. The van der Waals surface area contributed by atoms with Crippen molar-refractivity contribution in [3.05, 3.63) is 71.8 Å². The minimum atomic E-state index is -0.572. The van der Waals surface area contributed by atoms with Gasteiger partial charge in [0, 0.05) is 13.7 Å². The Morgan fingerprint density at radius 3 is 2.16 bits per heavy atom. The molecule has 2 aromatic rings. The molecule has 0 saturated carbocycles. The molecule has 5 nitrogen and oxygen atoms in total. The molecule has 0 spiro atoms. The van der Waals surface area contributed by atoms with E-state index >= 15 is 0 Å². The van der Waals surface area contributed by atoms with Crippen LogP contribution in [0.5, 0.6) is 0 Å². The monoisotopic (exact) mass is 341 g/mol. The first-order valence-electron chi connectivity index (χ1n) is 8.19. The smallest absolute Gasteiger partial charge is 0.307 e. The lowest BCUT2D eigenvalue weighted by Crippen LogP contribution is -2.34. The van der Waals surface area contributed by atoms with Crippen LogP contribution in [-0.2, 0) is 32.2 Å². The summed E-state index contributed by atoms with van der Waals surface area (Å²) in [5.41, 5.74) is 1.91. The largest absolute Gasteiger partial charge is 0.461 e. The predicted molar refractivity (Wildman–Crippen MR) is 94.5 cm³/mol. The SMILES string of the molecule is COC[C@@H](CC(=O)OCc1ccccc1)C(=O)NCc1ccccc1. The second kappa shape index (κ2) is 10.3. The molecule has 0 aliphatic rings. The number of ether oxygens (including phenoxy) is 2. The molecule has 0 heterocycles.